The van der Waals surface area contributed by atoms with Gasteiger partial charge in [-0.25, -0.2) is 0 Å². The lowest BCUT2D eigenvalue weighted by Gasteiger charge is -2.16. The molecule has 1 aliphatic heterocycles. The molecule has 0 aromatic heterocycles. The van der Waals surface area contributed by atoms with Crippen LogP contribution in [0.15, 0.2) is 48.6 Å². The SMILES string of the molecule is FC(F)(F)[C]1C=CC2(C=C1)OC2c1ccc(C(F)(F)F)cc1. The van der Waals surface area contributed by atoms with Gasteiger partial charge in [-0.15, -0.1) is 0 Å². The van der Waals surface area contributed by atoms with Crippen LogP contribution in [0.5, 0.6) is 0 Å². The highest BCUT2D eigenvalue weighted by Crippen LogP contribution is 2.54. The third kappa shape index (κ3) is 2.65. The van der Waals surface area contributed by atoms with Gasteiger partial charge in [0.15, 0.2) is 0 Å². The topological polar surface area (TPSA) is 12.5 Å². The van der Waals surface area contributed by atoms with Crippen molar-refractivity contribution < 1.29 is 31.1 Å². The van der Waals surface area contributed by atoms with Gasteiger partial charge in [0.1, 0.15) is 17.6 Å². The number of benzene rings is 1. The van der Waals surface area contributed by atoms with Gasteiger partial charge in [0.2, 0.25) is 0 Å². The zero-order valence-corrected chi connectivity index (χ0v) is 10.9. The highest BCUT2D eigenvalue weighted by Gasteiger charge is 2.55. The summed E-state index contributed by atoms with van der Waals surface area (Å²) in [6.45, 7) is 0. The van der Waals surface area contributed by atoms with Gasteiger partial charge in [-0.05, 0) is 29.8 Å². The second-order valence-corrected chi connectivity index (χ2v) is 5.09. The third-order valence-corrected chi connectivity index (χ3v) is 3.59. The largest absolute Gasteiger partial charge is 0.416 e. The summed E-state index contributed by atoms with van der Waals surface area (Å²) in [7, 11) is 0. The molecule has 1 fully saturated rings. The van der Waals surface area contributed by atoms with Gasteiger partial charge in [-0.1, -0.05) is 24.3 Å². The molecular formula is C15H9F6O. The summed E-state index contributed by atoms with van der Waals surface area (Å²) in [6, 6.07) is 4.39. The highest BCUT2D eigenvalue weighted by atomic mass is 19.4. The Morgan fingerprint density at radius 3 is 1.82 bits per heavy atom. The lowest BCUT2D eigenvalue weighted by molar-refractivity contribution is -0.137. The van der Waals surface area contributed by atoms with Crippen LogP contribution >= 0.6 is 0 Å². The molecular weight excluding hydrogens is 310 g/mol. The molecule has 1 unspecified atom stereocenters. The Kier molecular flexibility index (Phi) is 3.18. The number of ether oxygens (including phenoxy) is 1. The van der Waals surface area contributed by atoms with Gasteiger partial charge in [0, 0.05) is 0 Å². The van der Waals surface area contributed by atoms with E-state index >= 15 is 0 Å². The molecule has 2 aliphatic rings. The Hall–Kier alpha value is -1.76. The smallest absolute Gasteiger partial charge is 0.352 e. The van der Waals surface area contributed by atoms with Gasteiger partial charge < -0.3 is 4.74 Å². The molecule has 1 saturated heterocycles. The van der Waals surface area contributed by atoms with Crippen LogP contribution < -0.4 is 0 Å². The van der Waals surface area contributed by atoms with E-state index in [1.54, 1.807) is 0 Å². The highest BCUT2D eigenvalue weighted by molar-refractivity contribution is 5.45. The van der Waals surface area contributed by atoms with E-state index in [-0.39, 0.29) is 0 Å². The standard InChI is InChI=1S/C15H9F6O/c16-14(17,18)10-3-1-9(2-4-10)12-13(22-12)7-5-11(6-8-13)15(19,20)21/h1-8,12H. The van der Waals surface area contributed by atoms with Crippen LogP contribution in [-0.4, -0.2) is 11.8 Å². The number of hydrogen-bond donors (Lipinski definition) is 0. The molecule has 3 rings (SSSR count). The quantitative estimate of drug-likeness (QED) is 0.536. The molecule has 1 nitrogen and oxygen atoms in total. The van der Waals surface area contributed by atoms with Crippen LogP contribution in [0.4, 0.5) is 26.3 Å². The number of hydrogen-bond acceptors (Lipinski definition) is 1. The fourth-order valence-corrected chi connectivity index (χ4v) is 2.34. The molecule has 1 radical (unpaired) electrons. The lowest BCUT2D eigenvalue weighted by atomic mass is 9.90. The van der Waals surface area contributed by atoms with E-state index in [1.807, 2.05) is 0 Å². The minimum absolute atomic E-state index is 0.484. The molecule has 0 amide bonds. The van der Waals surface area contributed by atoms with E-state index in [4.69, 9.17) is 4.74 Å². The maximum Gasteiger partial charge on any atom is 0.416 e. The molecule has 1 aromatic rings. The first-order valence-corrected chi connectivity index (χ1v) is 6.29. The van der Waals surface area contributed by atoms with Crippen molar-refractivity contribution in [3.63, 3.8) is 0 Å². The zero-order chi connectivity index (χ0) is 16.2. The molecule has 22 heavy (non-hydrogen) atoms. The average Bonchev–Trinajstić information content (AvgIpc) is 3.11. The summed E-state index contributed by atoms with van der Waals surface area (Å²) in [5.74, 6) is -0.792. The third-order valence-electron chi connectivity index (χ3n) is 3.59. The lowest BCUT2D eigenvalue weighted by Crippen LogP contribution is -2.21. The molecule has 117 valence electrons. The van der Waals surface area contributed by atoms with Crippen LogP contribution in [-0.2, 0) is 10.9 Å². The summed E-state index contributed by atoms with van der Waals surface area (Å²) in [4.78, 5) is 0. The average molecular weight is 319 g/mol. The Morgan fingerprint density at radius 2 is 1.36 bits per heavy atom. The minimum atomic E-state index is -4.44. The molecule has 1 heterocycles. The van der Waals surface area contributed by atoms with Gasteiger partial charge in [0.25, 0.3) is 0 Å². The van der Waals surface area contributed by atoms with Crippen molar-refractivity contribution in [2.75, 3.05) is 0 Å². The van der Waals surface area contributed by atoms with Crippen LogP contribution in [0.3, 0.4) is 0 Å². The Balaban J connectivity index is 1.74. The summed E-state index contributed by atoms with van der Waals surface area (Å²) in [5.41, 5.74) is -1.29. The van der Waals surface area contributed by atoms with Crippen molar-refractivity contribution in [3.05, 3.63) is 65.6 Å². The van der Waals surface area contributed by atoms with Crippen LogP contribution in [0, 0.1) is 5.92 Å². The Morgan fingerprint density at radius 1 is 0.818 bits per heavy atom. The first kappa shape index (κ1) is 15.1. The van der Waals surface area contributed by atoms with Crippen molar-refractivity contribution in [2.24, 2.45) is 0 Å². The summed E-state index contributed by atoms with van der Waals surface area (Å²) in [5, 5.41) is 0. The molecule has 0 N–H and O–H groups in total. The van der Waals surface area contributed by atoms with Crippen molar-refractivity contribution in [1.82, 2.24) is 0 Å². The normalized spacial score (nSPS) is 24.0. The van der Waals surface area contributed by atoms with Crippen molar-refractivity contribution in [3.8, 4) is 0 Å². The van der Waals surface area contributed by atoms with Gasteiger partial charge in [-0.3, -0.25) is 0 Å². The van der Waals surface area contributed by atoms with E-state index in [0.29, 0.717) is 5.56 Å². The fraction of sp³-hybridized carbons (Fsp3) is 0.267. The predicted octanol–water partition coefficient (Wildman–Crippen LogP) is 4.78. The van der Waals surface area contributed by atoms with Crippen LogP contribution in [0.1, 0.15) is 17.2 Å². The number of rotatable bonds is 1. The van der Waals surface area contributed by atoms with Crippen LogP contribution in [0.25, 0.3) is 0 Å². The maximum absolute atomic E-state index is 12.5. The fourth-order valence-electron chi connectivity index (χ4n) is 2.34. The predicted molar refractivity (Wildman–Crippen MR) is 65.6 cm³/mol. The number of alkyl halides is 6. The maximum atomic E-state index is 12.5. The molecule has 0 bridgehead atoms. The summed E-state index contributed by atoms with van der Waals surface area (Å²) in [6.07, 6.45) is -5.04. The molecule has 1 aliphatic carbocycles. The van der Waals surface area contributed by atoms with Gasteiger partial charge in [0.05, 0.1) is 5.56 Å². The van der Waals surface area contributed by atoms with Crippen molar-refractivity contribution >= 4 is 0 Å². The monoisotopic (exact) mass is 319 g/mol. The van der Waals surface area contributed by atoms with Crippen molar-refractivity contribution in [2.45, 2.75) is 24.1 Å². The van der Waals surface area contributed by atoms with Gasteiger partial charge >= 0.3 is 12.4 Å². The van der Waals surface area contributed by atoms with Gasteiger partial charge in [-0.2, -0.15) is 26.3 Å². The molecule has 7 heteroatoms. The van der Waals surface area contributed by atoms with Crippen LogP contribution in [0.2, 0.25) is 0 Å². The summed E-state index contributed by atoms with van der Waals surface area (Å²) < 4.78 is 80.3. The Bertz CT molecular complexity index is 609. The van der Waals surface area contributed by atoms with E-state index in [9.17, 15) is 26.3 Å². The zero-order valence-electron chi connectivity index (χ0n) is 10.9. The first-order valence-electron chi connectivity index (χ1n) is 6.29. The molecule has 1 aromatic carbocycles. The second-order valence-electron chi connectivity index (χ2n) is 5.09. The first-order chi connectivity index (χ1) is 10.1. The molecule has 1 atom stereocenters. The van der Waals surface area contributed by atoms with E-state index in [0.717, 1.165) is 24.3 Å². The molecule has 0 saturated carbocycles. The second kappa shape index (κ2) is 4.62. The number of allylic oxidation sites excluding steroid dienone is 2. The van der Waals surface area contributed by atoms with E-state index < -0.39 is 35.5 Å². The van der Waals surface area contributed by atoms with E-state index in [1.165, 1.54) is 24.3 Å². The number of epoxide rings is 1. The van der Waals surface area contributed by atoms with E-state index in [2.05, 4.69) is 0 Å². The van der Waals surface area contributed by atoms with Crippen molar-refractivity contribution in [1.29, 1.82) is 0 Å². The summed E-state index contributed by atoms with van der Waals surface area (Å²) >= 11 is 0. The minimum Gasteiger partial charge on any atom is -0.352 e. The molecule has 1 spiro atoms. The number of halogens is 6. The Labute approximate surface area is 121 Å².